The van der Waals surface area contributed by atoms with Crippen LogP contribution in [0.25, 0.3) is 10.9 Å². The van der Waals surface area contributed by atoms with Crippen molar-refractivity contribution in [1.29, 1.82) is 0 Å². The third-order valence-electron chi connectivity index (χ3n) is 3.26. The Morgan fingerprint density at radius 2 is 2.17 bits per heavy atom. The van der Waals surface area contributed by atoms with E-state index < -0.39 is 0 Å². The molecule has 0 bridgehead atoms. The number of H-pyrrole nitrogens is 1. The Labute approximate surface area is 111 Å². The largest absolute Gasteiger partial charge is 0.330 e. The second-order valence-corrected chi connectivity index (χ2v) is 5.23. The molecule has 1 fully saturated rings. The quantitative estimate of drug-likeness (QED) is 0.835. The second kappa shape index (κ2) is 4.37. The molecule has 2 aromatic rings. The van der Waals surface area contributed by atoms with Crippen molar-refractivity contribution in [3.63, 3.8) is 0 Å². The maximum absolute atomic E-state index is 12.4. The number of aromatic nitrogens is 2. The zero-order valence-electron chi connectivity index (χ0n) is 9.57. The SMILES string of the molecule is O=c1[nH]c2c(Br)cccc2c(=O)n1C1CCCN1. The summed E-state index contributed by atoms with van der Waals surface area (Å²) in [4.78, 5) is 27.2. The van der Waals surface area contributed by atoms with Gasteiger partial charge in [0, 0.05) is 4.47 Å². The highest BCUT2D eigenvalue weighted by molar-refractivity contribution is 9.10. The number of rotatable bonds is 1. The summed E-state index contributed by atoms with van der Waals surface area (Å²) in [6.45, 7) is 0.840. The Hall–Kier alpha value is -1.40. The summed E-state index contributed by atoms with van der Waals surface area (Å²) in [6.07, 6.45) is 1.60. The number of nitrogens with zero attached hydrogens (tertiary/aromatic N) is 1. The molecular formula is C12H12BrN3O2. The number of hydrogen-bond donors (Lipinski definition) is 2. The molecule has 1 aliphatic heterocycles. The van der Waals surface area contributed by atoms with Gasteiger partial charge in [-0.25, -0.2) is 9.36 Å². The molecule has 0 saturated carbocycles. The molecule has 0 spiro atoms. The van der Waals surface area contributed by atoms with Crippen LogP contribution in [0.15, 0.2) is 32.3 Å². The standard InChI is InChI=1S/C12H12BrN3O2/c13-8-4-1-3-7-10(8)15-12(18)16(11(7)17)9-5-2-6-14-9/h1,3-4,9,14H,2,5-6H2,(H,15,18). The molecule has 1 aromatic carbocycles. The van der Waals surface area contributed by atoms with Crippen LogP contribution in [0.3, 0.4) is 0 Å². The van der Waals surface area contributed by atoms with Gasteiger partial charge in [-0.15, -0.1) is 0 Å². The predicted molar refractivity (Wildman–Crippen MR) is 72.8 cm³/mol. The van der Waals surface area contributed by atoms with Crippen LogP contribution in [-0.2, 0) is 0 Å². The first-order valence-electron chi connectivity index (χ1n) is 5.85. The van der Waals surface area contributed by atoms with E-state index in [9.17, 15) is 9.59 Å². The summed E-state index contributed by atoms with van der Waals surface area (Å²) in [6, 6.07) is 5.32. The van der Waals surface area contributed by atoms with Gasteiger partial charge in [0.25, 0.3) is 5.56 Å². The predicted octanol–water partition coefficient (Wildman–Crippen LogP) is 1.33. The first-order valence-corrected chi connectivity index (χ1v) is 6.64. The van der Waals surface area contributed by atoms with Gasteiger partial charge in [-0.05, 0) is 47.4 Å². The molecule has 5 nitrogen and oxygen atoms in total. The lowest BCUT2D eigenvalue weighted by Gasteiger charge is -2.13. The summed E-state index contributed by atoms with van der Waals surface area (Å²) in [5.74, 6) is 0. The molecule has 0 radical (unpaired) electrons. The fourth-order valence-corrected chi connectivity index (χ4v) is 2.85. The van der Waals surface area contributed by atoms with Gasteiger partial charge >= 0.3 is 5.69 Å². The van der Waals surface area contributed by atoms with Gasteiger partial charge in [0.15, 0.2) is 0 Å². The van der Waals surface area contributed by atoms with Gasteiger partial charge in [-0.3, -0.25) is 10.1 Å². The van der Waals surface area contributed by atoms with Crippen LogP contribution < -0.4 is 16.6 Å². The Bertz CT molecular complexity index is 713. The highest BCUT2D eigenvalue weighted by Crippen LogP contribution is 2.19. The second-order valence-electron chi connectivity index (χ2n) is 4.38. The van der Waals surface area contributed by atoms with E-state index >= 15 is 0 Å². The number of aromatic amines is 1. The molecule has 0 amide bonds. The maximum atomic E-state index is 12.4. The molecular weight excluding hydrogens is 298 g/mol. The molecule has 1 saturated heterocycles. The van der Waals surface area contributed by atoms with Crippen molar-refractivity contribution in [2.45, 2.75) is 19.0 Å². The molecule has 6 heteroatoms. The highest BCUT2D eigenvalue weighted by atomic mass is 79.9. The van der Waals surface area contributed by atoms with Crippen LogP contribution in [0.1, 0.15) is 19.0 Å². The number of para-hydroxylation sites is 1. The van der Waals surface area contributed by atoms with E-state index in [1.54, 1.807) is 18.2 Å². The lowest BCUT2D eigenvalue weighted by atomic mass is 10.2. The van der Waals surface area contributed by atoms with E-state index in [2.05, 4.69) is 26.2 Å². The molecule has 2 heterocycles. The average molecular weight is 310 g/mol. The van der Waals surface area contributed by atoms with Gasteiger partial charge in [-0.1, -0.05) is 6.07 Å². The van der Waals surface area contributed by atoms with Crippen molar-refractivity contribution in [2.75, 3.05) is 6.54 Å². The van der Waals surface area contributed by atoms with Crippen molar-refractivity contribution in [1.82, 2.24) is 14.9 Å². The van der Waals surface area contributed by atoms with Crippen LogP contribution in [0.2, 0.25) is 0 Å². The zero-order valence-corrected chi connectivity index (χ0v) is 11.2. The minimum atomic E-state index is -0.362. The topological polar surface area (TPSA) is 66.9 Å². The number of hydrogen-bond acceptors (Lipinski definition) is 3. The van der Waals surface area contributed by atoms with Gasteiger partial charge < -0.3 is 4.98 Å². The van der Waals surface area contributed by atoms with E-state index in [1.807, 2.05) is 0 Å². The number of fused-ring (bicyclic) bond motifs is 1. The molecule has 1 unspecified atom stereocenters. The normalized spacial score (nSPS) is 19.5. The van der Waals surface area contributed by atoms with Crippen LogP contribution in [0.5, 0.6) is 0 Å². The summed E-state index contributed by atoms with van der Waals surface area (Å²) < 4.78 is 2.00. The van der Waals surface area contributed by atoms with Crippen LogP contribution in [-0.4, -0.2) is 16.1 Å². The molecule has 1 atom stereocenters. The summed E-state index contributed by atoms with van der Waals surface area (Å²) in [5, 5.41) is 3.69. The van der Waals surface area contributed by atoms with Gasteiger partial charge in [-0.2, -0.15) is 0 Å². The fourth-order valence-electron chi connectivity index (χ4n) is 2.39. The first-order chi connectivity index (χ1) is 8.68. The van der Waals surface area contributed by atoms with E-state index in [-0.39, 0.29) is 17.4 Å². The molecule has 18 heavy (non-hydrogen) atoms. The molecule has 94 valence electrons. The molecule has 0 aliphatic carbocycles. The summed E-state index contributed by atoms with van der Waals surface area (Å²) in [5.41, 5.74) is -0.0463. The maximum Gasteiger partial charge on any atom is 0.330 e. The Morgan fingerprint density at radius 1 is 1.33 bits per heavy atom. The van der Waals surface area contributed by atoms with Crippen molar-refractivity contribution in [2.24, 2.45) is 0 Å². The number of nitrogens with one attached hydrogen (secondary N) is 2. The number of benzene rings is 1. The Kier molecular flexibility index (Phi) is 2.83. The summed E-state index contributed by atoms with van der Waals surface area (Å²) in [7, 11) is 0. The minimum Gasteiger partial charge on any atom is -0.306 e. The average Bonchev–Trinajstić information content (AvgIpc) is 2.84. The van der Waals surface area contributed by atoms with E-state index in [0.29, 0.717) is 10.9 Å². The molecule has 1 aromatic heterocycles. The summed E-state index contributed by atoms with van der Waals surface area (Å²) >= 11 is 3.34. The lowest BCUT2D eigenvalue weighted by molar-refractivity contribution is 0.439. The first kappa shape index (κ1) is 11.7. The molecule has 2 N–H and O–H groups in total. The van der Waals surface area contributed by atoms with Crippen LogP contribution in [0.4, 0.5) is 0 Å². The number of halogens is 1. The Balaban J connectivity index is 2.34. The third kappa shape index (κ3) is 1.72. The van der Waals surface area contributed by atoms with Gasteiger partial charge in [0.05, 0.1) is 17.1 Å². The van der Waals surface area contributed by atoms with Crippen LogP contribution >= 0.6 is 15.9 Å². The zero-order chi connectivity index (χ0) is 12.7. The van der Waals surface area contributed by atoms with Gasteiger partial charge in [0.1, 0.15) is 0 Å². The van der Waals surface area contributed by atoms with E-state index in [0.717, 1.165) is 23.9 Å². The highest BCUT2D eigenvalue weighted by Gasteiger charge is 2.20. The third-order valence-corrected chi connectivity index (χ3v) is 3.92. The van der Waals surface area contributed by atoms with Crippen LogP contribution in [0, 0.1) is 0 Å². The smallest absolute Gasteiger partial charge is 0.306 e. The van der Waals surface area contributed by atoms with Gasteiger partial charge in [0.2, 0.25) is 0 Å². The lowest BCUT2D eigenvalue weighted by Crippen LogP contribution is -2.41. The van der Waals surface area contributed by atoms with Crippen molar-refractivity contribution in [3.8, 4) is 0 Å². The fraction of sp³-hybridized carbons (Fsp3) is 0.333. The molecule has 3 rings (SSSR count). The van der Waals surface area contributed by atoms with E-state index in [4.69, 9.17) is 0 Å². The van der Waals surface area contributed by atoms with E-state index in [1.165, 1.54) is 4.57 Å². The van der Waals surface area contributed by atoms with Crippen molar-refractivity contribution in [3.05, 3.63) is 43.5 Å². The Morgan fingerprint density at radius 3 is 2.89 bits per heavy atom. The minimum absolute atomic E-state index is 0.190. The molecule has 1 aliphatic rings. The van der Waals surface area contributed by atoms with Crippen molar-refractivity contribution >= 4 is 26.8 Å². The monoisotopic (exact) mass is 309 g/mol. The van der Waals surface area contributed by atoms with Crippen molar-refractivity contribution < 1.29 is 0 Å².